The summed E-state index contributed by atoms with van der Waals surface area (Å²) in [5.41, 5.74) is 5.13. The lowest BCUT2D eigenvalue weighted by Gasteiger charge is -2.20. The predicted octanol–water partition coefficient (Wildman–Crippen LogP) is 5.84. The molecular weight excluding hydrogens is 271 g/mol. The van der Waals surface area contributed by atoms with Crippen LogP contribution in [0.3, 0.4) is 0 Å². The highest BCUT2D eigenvalue weighted by atomic mass is 19.1. The van der Waals surface area contributed by atoms with Crippen molar-refractivity contribution in [1.29, 1.82) is 0 Å². The lowest BCUT2D eigenvalue weighted by atomic mass is 9.84. The zero-order valence-corrected chi connectivity index (χ0v) is 12.5. The SMILES string of the molecule is CC1=CC2=CC=CCC(c3ccc(F)c4ccccc34)C2=C1. The Morgan fingerprint density at radius 2 is 1.82 bits per heavy atom. The molecule has 0 aromatic heterocycles. The molecule has 108 valence electrons. The van der Waals surface area contributed by atoms with Crippen molar-refractivity contribution in [3.8, 4) is 0 Å². The topological polar surface area (TPSA) is 0 Å². The molecule has 22 heavy (non-hydrogen) atoms. The fourth-order valence-corrected chi connectivity index (χ4v) is 3.54. The van der Waals surface area contributed by atoms with Crippen LogP contribution in [0.25, 0.3) is 10.8 Å². The van der Waals surface area contributed by atoms with E-state index in [1.165, 1.54) is 22.3 Å². The van der Waals surface area contributed by atoms with Crippen molar-refractivity contribution in [1.82, 2.24) is 0 Å². The molecule has 0 nitrogen and oxygen atoms in total. The molecule has 2 aromatic carbocycles. The third-order valence-corrected chi connectivity index (χ3v) is 4.54. The van der Waals surface area contributed by atoms with Crippen molar-refractivity contribution in [3.05, 3.63) is 94.9 Å². The van der Waals surface area contributed by atoms with Crippen molar-refractivity contribution in [3.63, 3.8) is 0 Å². The maximum absolute atomic E-state index is 14.1. The molecule has 0 spiro atoms. The van der Waals surface area contributed by atoms with Crippen molar-refractivity contribution < 1.29 is 4.39 Å². The summed E-state index contributed by atoms with van der Waals surface area (Å²) in [4.78, 5) is 0. The molecule has 2 aromatic rings. The molecule has 0 aliphatic heterocycles. The van der Waals surface area contributed by atoms with E-state index in [9.17, 15) is 4.39 Å². The first-order valence-corrected chi connectivity index (χ1v) is 7.68. The van der Waals surface area contributed by atoms with Crippen LogP contribution in [-0.4, -0.2) is 0 Å². The van der Waals surface area contributed by atoms with Gasteiger partial charge in [0.05, 0.1) is 0 Å². The van der Waals surface area contributed by atoms with Gasteiger partial charge < -0.3 is 0 Å². The molecule has 0 saturated heterocycles. The summed E-state index contributed by atoms with van der Waals surface area (Å²) in [6.45, 7) is 2.13. The van der Waals surface area contributed by atoms with E-state index in [2.05, 4.69) is 37.3 Å². The van der Waals surface area contributed by atoms with Crippen LogP contribution in [0.2, 0.25) is 0 Å². The number of hydrogen-bond donors (Lipinski definition) is 0. The minimum Gasteiger partial charge on any atom is -0.206 e. The third kappa shape index (κ3) is 2.05. The van der Waals surface area contributed by atoms with Gasteiger partial charge in [0.25, 0.3) is 0 Å². The Morgan fingerprint density at radius 3 is 2.68 bits per heavy atom. The van der Waals surface area contributed by atoms with Gasteiger partial charge in [-0.15, -0.1) is 0 Å². The number of halogens is 1. The lowest BCUT2D eigenvalue weighted by molar-refractivity contribution is 0.639. The smallest absolute Gasteiger partial charge is 0.131 e. The van der Waals surface area contributed by atoms with Gasteiger partial charge in [-0.3, -0.25) is 0 Å². The largest absolute Gasteiger partial charge is 0.206 e. The summed E-state index contributed by atoms with van der Waals surface area (Å²) in [6.07, 6.45) is 11.9. The van der Waals surface area contributed by atoms with E-state index in [4.69, 9.17) is 0 Å². The van der Waals surface area contributed by atoms with Gasteiger partial charge in [-0.2, -0.15) is 0 Å². The highest BCUT2D eigenvalue weighted by Crippen LogP contribution is 2.42. The minimum atomic E-state index is -0.144. The van der Waals surface area contributed by atoms with Gasteiger partial charge in [0.1, 0.15) is 5.82 Å². The van der Waals surface area contributed by atoms with Crippen LogP contribution >= 0.6 is 0 Å². The average molecular weight is 288 g/mol. The van der Waals surface area contributed by atoms with Crippen molar-refractivity contribution in [2.24, 2.45) is 0 Å². The van der Waals surface area contributed by atoms with E-state index in [-0.39, 0.29) is 11.7 Å². The second-order valence-electron chi connectivity index (χ2n) is 6.01. The Balaban J connectivity index is 1.92. The highest BCUT2D eigenvalue weighted by molar-refractivity contribution is 5.87. The normalized spacial score (nSPS) is 20.3. The van der Waals surface area contributed by atoms with E-state index in [1.807, 2.05) is 30.3 Å². The van der Waals surface area contributed by atoms with Gasteiger partial charge in [-0.05, 0) is 41.5 Å². The maximum atomic E-state index is 14.1. The molecule has 2 aliphatic rings. The molecule has 1 heteroatoms. The van der Waals surface area contributed by atoms with Crippen LogP contribution in [0.1, 0.15) is 24.8 Å². The van der Waals surface area contributed by atoms with Crippen LogP contribution in [0.4, 0.5) is 4.39 Å². The second kappa shape index (κ2) is 5.10. The molecule has 1 atom stereocenters. The standard InChI is InChI=1S/C21H17F/c1-14-12-15-6-2-3-8-17(20(15)13-14)18-10-11-21(22)19-9-5-4-7-16(18)19/h2-7,9-13,17H,8H2,1H3. The Labute approximate surface area is 130 Å². The summed E-state index contributed by atoms with van der Waals surface area (Å²) in [5.74, 6) is 0.137. The summed E-state index contributed by atoms with van der Waals surface area (Å²) < 4.78 is 14.1. The van der Waals surface area contributed by atoms with Gasteiger partial charge in [0.15, 0.2) is 0 Å². The van der Waals surface area contributed by atoms with Gasteiger partial charge >= 0.3 is 0 Å². The van der Waals surface area contributed by atoms with Crippen LogP contribution in [0, 0.1) is 5.82 Å². The number of allylic oxidation sites excluding steroid dienone is 8. The molecule has 0 bridgehead atoms. The van der Waals surface area contributed by atoms with Crippen molar-refractivity contribution in [2.45, 2.75) is 19.3 Å². The van der Waals surface area contributed by atoms with E-state index < -0.39 is 0 Å². The van der Waals surface area contributed by atoms with Gasteiger partial charge in [-0.1, -0.05) is 66.3 Å². The fraction of sp³-hybridized carbons (Fsp3) is 0.143. The molecule has 0 amide bonds. The molecule has 0 N–H and O–H groups in total. The van der Waals surface area contributed by atoms with Gasteiger partial charge in [0.2, 0.25) is 0 Å². The summed E-state index contributed by atoms with van der Waals surface area (Å²) in [5, 5.41) is 1.73. The first-order chi connectivity index (χ1) is 10.7. The van der Waals surface area contributed by atoms with Crippen molar-refractivity contribution >= 4 is 10.8 Å². The molecule has 0 radical (unpaired) electrons. The molecule has 0 heterocycles. The Kier molecular flexibility index (Phi) is 3.07. The average Bonchev–Trinajstić information content (AvgIpc) is 2.79. The molecule has 0 fully saturated rings. The molecular formula is C21H17F. The van der Waals surface area contributed by atoms with Crippen molar-refractivity contribution in [2.75, 3.05) is 0 Å². The van der Waals surface area contributed by atoms with Crippen LogP contribution in [-0.2, 0) is 0 Å². The minimum absolute atomic E-state index is 0.144. The van der Waals surface area contributed by atoms with Crippen LogP contribution in [0.5, 0.6) is 0 Å². The van der Waals surface area contributed by atoms with Gasteiger partial charge in [-0.25, -0.2) is 4.39 Å². The third-order valence-electron chi connectivity index (χ3n) is 4.54. The summed E-state index contributed by atoms with van der Waals surface area (Å²) >= 11 is 0. The van der Waals surface area contributed by atoms with Crippen LogP contribution in [0.15, 0.2) is 83.5 Å². The Bertz CT molecular complexity index is 878. The monoisotopic (exact) mass is 288 g/mol. The fourth-order valence-electron chi connectivity index (χ4n) is 3.54. The molecule has 4 rings (SSSR count). The van der Waals surface area contributed by atoms with Gasteiger partial charge in [0, 0.05) is 11.3 Å². The predicted molar refractivity (Wildman–Crippen MR) is 90.3 cm³/mol. The Morgan fingerprint density at radius 1 is 1.00 bits per heavy atom. The quantitative estimate of drug-likeness (QED) is 0.619. The number of hydrogen-bond acceptors (Lipinski definition) is 0. The number of rotatable bonds is 1. The first-order valence-electron chi connectivity index (χ1n) is 7.68. The summed E-state index contributed by atoms with van der Waals surface area (Å²) in [6, 6.07) is 11.3. The van der Waals surface area contributed by atoms with E-state index in [0.717, 1.165) is 11.8 Å². The lowest BCUT2D eigenvalue weighted by Crippen LogP contribution is -2.03. The zero-order valence-electron chi connectivity index (χ0n) is 12.5. The van der Waals surface area contributed by atoms with E-state index in [0.29, 0.717) is 5.39 Å². The summed E-state index contributed by atoms with van der Waals surface area (Å²) in [7, 11) is 0. The van der Waals surface area contributed by atoms with Crippen LogP contribution < -0.4 is 0 Å². The number of fused-ring (bicyclic) bond motifs is 2. The van der Waals surface area contributed by atoms with E-state index in [1.54, 1.807) is 6.07 Å². The maximum Gasteiger partial charge on any atom is 0.131 e. The zero-order chi connectivity index (χ0) is 15.1. The van der Waals surface area contributed by atoms with E-state index >= 15 is 0 Å². The molecule has 0 saturated carbocycles. The second-order valence-corrected chi connectivity index (χ2v) is 6.01. The molecule has 2 aliphatic carbocycles. The first kappa shape index (κ1) is 13.3. The molecule has 1 unspecified atom stereocenters. The number of benzene rings is 2. The Hall–Kier alpha value is -2.41. The highest BCUT2D eigenvalue weighted by Gasteiger charge is 2.24.